The van der Waals surface area contributed by atoms with Gasteiger partial charge in [-0.2, -0.15) is 10.1 Å². The fourth-order valence-electron chi connectivity index (χ4n) is 2.12. The maximum atomic E-state index is 11.0. The molecule has 0 aliphatic carbocycles. The molecule has 26 heavy (non-hydrogen) atoms. The number of benzene rings is 2. The molecule has 0 fully saturated rings. The van der Waals surface area contributed by atoms with Gasteiger partial charge < -0.3 is 16.0 Å². The molecule has 1 amide bonds. The van der Waals surface area contributed by atoms with Crippen LogP contribution in [0.1, 0.15) is 6.92 Å². The third kappa shape index (κ3) is 4.59. The predicted molar refractivity (Wildman–Crippen MR) is 104 cm³/mol. The van der Waals surface area contributed by atoms with Crippen molar-refractivity contribution in [3.63, 3.8) is 0 Å². The summed E-state index contributed by atoms with van der Waals surface area (Å²) in [7, 11) is 0. The minimum Gasteiger partial charge on any atom is -0.338 e. The summed E-state index contributed by atoms with van der Waals surface area (Å²) in [5.41, 5.74) is 2.07. The molecule has 1 aromatic heterocycles. The van der Waals surface area contributed by atoms with E-state index in [0.29, 0.717) is 33.2 Å². The van der Waals surface area contributed by atoms with Gasteiger partial charge in [-0.05, 0) is 36.4 Å². The van der Waals surface area contributed by atoms with Crippen molar-refractivity contribution in [3.05, 3.63) is 58.7 Å². The number of aromatic nitrogens is 3. The lowest BCUT2D eigenvalue weighted by atomic mass is 10.3. The number of anilines is 5. The van der Waals surface area contributed by atoms with Crippen molar-refractivity contribution in [2.24, 2.45) is 0 Å². The second-order valence-electron chi connectivity index (χ2n) is 5.28. The Labute approximate surface area is 159 Å². The Hall–Kier alpha value is -2.90. The lowest BCUT2D eigenvalue weighted by Gasteiger charge is -2.10. The number of nitrogens with zero attached hydrogens (tertiary/aromatic N) is 3. The maximum absolute atomic E-state index is 11.0. The highest BCUT2D eigenvalue weighted by Gasteiger charge is 2.07. The number of nitrogens with one attached hydrogen (secondary N) is 3. The zero-order valence-electron chi connectivity index (χ0n) is 13.6. The van der Waals surface area contributed by atoms with Crippen molar-refractivity contribution < 1.29 is 4.79 Å². The summed E-state index contributed by atoms with van der Waals surface area (Å²) in [5.74, 6) is 0.638. The molecule has 0 atom stereocenters. The predicted octanol–water partition coefficient (Wildman–Crippen LogP) is 4.62. The Kier molecular flexibility index (Phi) is 5.50. The van der Waals surface area contributed by atoms with Crippen LogP contribution in [0.3, 0.4) is 0 Å². The number of rotatable bonds is 5. The van der Waals surface area contributed by atoms with Gasteiger partial charge in [0.25, 0.3) is 0 Å². The summed E-state index contributed by atoms with van der Waals surface area (Å²) < 4.78 is 0. The largest absolute Gasteiger partial charge is 0.338 e. The lowest BCUT2D eigenvalue weighted by molar-refractivity contribution is -0.114. The third-order valence-electron chi connectivity index (χ3n) is 3.23. The number of hydrogen-bond acceptors (Lipinski definition) is 6. The van der Waals surface area contributed by atoms with Crippen molar-refractivity contribution >= 4 is 57.9 Å². The second-order valence-corrected chi connectivity index (χ2v) is 6.06. The molecule has 0 saturated heterocycles. The van der Waals surface area contributed by atoms with Crippen LogP contribution in [0.15, 0.2) is 48.7 Å². The van der Waals surface area contributed by atoms with Gasteiger partial charge >= 0.3 is 0 Å². The fraction of sp³-hybridized carbons (Fsp3) is 0.0588. The summed E-state index contributed by atoms with van der Waals surface area (Å²) in [6, 6.07) is 12.4. The van der Waals surface area contributed by atoms with E-state index in [2.05, 4.69) is 31.1 Å². The quantitative estimate of drug-likeness (QED) is 0.590. The van der Waals surface area contributed by atoms with Crippen molar-refractivity contribution in [1.82, 2.24) is 15.2 Å². The van der Waals surface area contributed by atoms with Crippen LogP contribution in [-0.4, -0.2) is 21.1 Å². The molecule has 0 saturated carbocycles. The van der Waals surface area contributed by atoms with Crippen LogP contribution in [0, 0.1) is 0 Å². The highest BCUT2D eigenvalue weighted by molar-refractivity contribution is 6.43. The molecule has 2 aromatic carbocycles. The Balaban J connectivity index is 1.73. The van der Waals surface area contributed by atoms with Crippen molar-refractivity contribution in [2.45, 2.75) is 6.92 Å². The summed E-state index contributed by atoms with van der Waals surface area (Å²) in [6.07, 6.45) is 1.47. The zero-order chi connectivity index (χ0) is 18.5. The average Bonchev–Trinajstić information content (AvgIpc) is 2.61. The van der Waals surface area contributed by atoms with Crippen LogP contribution in [0.2, 0.25) is 10.0 Å². The van der Waals surface area contributed by atoms with Gasteiger partial charge in [-0.25, -0.2) is 0 Å². The topological polar surface area (TPSA) is 91.8 Å². The van der Waals surface area contributed by atoms with Crippen LogP contribution >= 0.6 is 23.2 Å². The number of halogens is 2. The Morgan fingerprint density at radius 3 is 2.46 bits per heavy atom. The minimum atomic E-state index is -0.128. The molecular formula is C17H14Cl2N6O. The fourth-order valence-corrected chi connectivity index (χ4v) is 2.47. The number of amides is 1. The number of carbonyl (C=O) groups is 1. The monoisotopic (exact) mass is 388 g/mol. The lowest BCUT2D eigenvalue weighted by Crippen LogP contribution is -2.06. The third-order valence-corrected chi connectivity index (χ3v) is 4.05. The number of hydrogen-bond donors (Lipinski definition) is 3. The standard InChI is InChI=1S/C17H14Cl2N6O/c1-10(26)21-11-5-7-12(8-6-11)22-17-24-15(9-20-25-17)23-14-4-2-3-13(18)16(14)19/h2-9H,1H3,(H,21,26)(H2,22,23,24,25). The molecule has 0 aliphatic heterocycles. The van der Waals surface area contributed by atoms with Crippen molar-refractivity contribution in [3.8, 4) is 0 Å². The van der Waals surface area contributed by atoms with Crippen LogP contribution in [-0.2, 0) is 4.79 Å². The molecule has 0 spiro atoms. The highest BCUT2D eigenvalue weighted by Crippen LogP contribution is 2.31. The van der Waals surface area contributed by atoms with Crippen LogP contribution in [0.5, 0.6) is 0 Å². The first kappa shape index (κ1) is 17.9. The van der Waals surface area contributed by atoms with Crippen molar-refractivity contribution in [2.75, 3.05) is 16.0 Å². The SMILES string of the molecule is CC(=O)Nc1ccc(Nc2nncc(Nc3cccc(Cl)c3Cl)n2)cc1. The van der Waals surface area contributed by atoms with Gasteiger partial charge in [0.15, 0.2) is 5.82 Å². The van der Waals surface area contributed by atoms with Gasteiger partial charge in [0, 0.05) is 18.3 Å². The second kappa shape index (κ2) is 7.99. The molecule has 0 bridgehead atoms. The highest BCUT2D eigenvalue weighted by atomic mass is 35.5. The Morgan fingerprint density at radius 2 is 1.73 bits per heavy atom. The van der Waals surface area contributed by atoms with E-state index < -0.39 is 0 Å². The van der Waals surface area contributed by atoms with E-state index in [1.807, 2.05) is 0 Å². The summed E-state index contributed by atoms with van der Waals surface area (Å²) in [5, 5.41) is 17.5. The van der Waals surface area contributed by atoms with Crippen LogP contribution < -0.4 is 16.0 Å². The Bertz CT molecular complexity index is 933. The van der Waals surface area contributed by atoms with E-state index in [1.165, 1.54) is 13.1 Å². The van der Waals surface area contributed by atoms with Crippen molar-refractivity contribution in [1.29, 1.82) is 0 Å². The first-order valence-corrected chi connectivity index (χ1v) is 8.32. The molecule has 0 radical (unpaired) electrons. The summed E-state index contributed by atoms with van der Waals surface area (Å²) >= 11 is 12.2. The Morgan fingerprint density at radius 1 is 1.00 bits per heavy atom. The van der Waals surface area contributed by atoms with E-state index >= 15 is 0 Å². The molecular weight excluding hydrogens is 375 g/mol. The van der Waals surface area contributed by atoms with Gasteiger partial charge in [0.05, 0.1) is 21.9 Å². The maximum Gasteiger partial charge on any atom is 0.249 e. The normalized spacial score (nSPS) is 10.3. The van der Waals surface area contributed by atoms with E-state index in [-0.39, 0.29) is 5.91 Å². The molecule has 9 heteroatoms. The van der Waals surface area contributed by atoms with Gasteiger partial charge in [-0.3, -0.25) is 4.79 Å². The average molecular weight is 389 g/mol. The van der Waals surface area contributed by atoms with Gasteiger partial charge in [0.1, 0.15) is 0 Å². The van der Waals surface area contributed by atoms with Gasteiger partial charge in [0.2, 0.25) is 11.9 Å². The van der Waals surface area contributed by atoms with E-state index in [9.17, 15) is 4.79 Å². The summed E-state index contributed by atoms with van der Waals surface area (Å²) in [4.78, 5) is 15.4. The van der Waals surface area contributed by atoms with Crippen LogP contribution in [0.25, 0.3) is 0 Å². The first-order chi connectivity index (χ1) is 12.5. The molecule has 0 aliphatic rings. The first-order valence-electron chi connectivity index (χ1n) is 7.57. The van der Waals surface area contributed by atoms with E-state index in [1.54, 1.807) is 42.5 Å². The zero-order valence-corrected chi connectivity index (χ0v) is 15.1. The molecule has 1 heterocycles. The smallest absolute Gasteiger partial charge is 0.249 e. The molecule has 3 rings (SSSR count). The molecule has 3 N–H and O–H groups in total. The molecule has 3 aromatic rings. The number of carbonyl (C=O) groups excluding carboxylic acids is 1. The van der Waals surface area contributed by atoms with Gasteiger partial charge in [-0.15, -0.1) is 5.10 Å². The van der Waals surface area contributed by atoms with Gasteiger partial charge in [-0.1, -0.05) is 29.3 Å². The molecule has 7 nitrogen and oxygen atoms in total. The minimum absolute atomic E-state index is 0.128. The van der Waals surface area contributed by atoms with E-state index in [0.717, 1.165) is 5.69 Å². The summed E-state index contributed by atoms with van der Waals surface area (Å²) in [6.45, 7) is 1.45. The molecule has 132 valence electrons. The molecule has 0 unspecified atom stereocenters. The van der Waals surface area contributed by atoms with E-state index in [4.69, 9.17) is 23.2 Å². The van der Waals surface area contributed by atoms with Crippen LogP contribution in [0.4, 0.5) is 28.8 Å².